The van der Waals surface area contributed by atoms with E-state index in [2.05, 4.69) is 20.9 Å². The third-order valence-electron chi connectivity index (χ3n) is 3.17. The summed E-state index contributed by atoms with van der Waals surface area (Å²) in [6.45, 7) is 3.33. The van der Waals surface area contributed by atoms with E-state index >= 15 is 0 Å². The number of halogens is 1. The van der Waals surface area contributed by atoms with Crippen molar-refractivity contribution in [2.45, 2.75) is 13.8 Å². The molecule has 21 heavy (non-hydrogen) atoms. The fraction of sp³-hybridized carbons (Fsp3) is 0.125. The van der Waals surface area contributed by atoms with Gasteiger partial charge in [0.1, 0.15) is 5.69 Å². The highest BCUT2D eigenvalue weighted by molar-refractivity contribution is 9.10. The molecular formula is C16H14BrNO3. The van der Waals surface area contributed by atoms with Gasteiger partial charge in [0.2, 0.25) is 0 Å². The van der Waals surface area contributed by atoms with Crippen LogP contribution in [0.4, 0.5) is 0 Å². The first kappa shape index (κ1) is 15.3. The molecule has 0 fully saturated rings. The summed E-state index contributed by atoms with van der Waals surface area (Å²) in [4.78, 5) is 26.1. The second kappa shape index (κ2) is 6.10. The van der Waals surface area contributed by atoms with Crippen molar-refractivity contribution >= 4 is 33.8 Å². The SMILES string of the molecule is Cc1[nH]c(C(=O)O)c(C)c1C(=O)/C=C/c1cccc(Br)c1. The van der Waals surface area contributed by atoms with Crippen molar-refractivity contribution in [3.05, 3.63) is 62.9 Å². The highest BCUT2D eigenvalue weighted by atomic mass is 79.9. The Hall–Kier alpha value is -2.14. The van der Waals surface area contributed by atoms with E-state index in [9.17, 15) is 9.59 Å². The lowest BCUT2D eigenvalue weighted by atomic mass is 10.0. The topological polar surface area (TPSA) is 70.2 Å². The molecule has 2 rings (SSSR count). The Balaban J connectivity index is 2.31. The fourth-order valence-corrected chi connectivity index (χ4v) is 2.62. The Morgan fingerprint density at radius 1 is 1.29 bits per heavy atom. The number of aryl methyl sites for hydroxylation is 1. The highest BCUT2D eigenvalue weighted by Gasteiger charge is 2.19. The number of aromatic carboxylic acids is 1. The van der Waals surface area contributed by atoms with E-state index in [1.807, 2.05) is 24.3 Å². The van der Waals surface area contributed by atoms with Crippen LogP contribution in [0, 0.1) is 13.8 Å². The maximum absolute atomic E-state index is 12.3. The first-order chi connectivity index (χ1) is 9.90. The molecule has 0 radical (unpaired) electrons. The van der Waals surface area contributed by atoms with Gasteiger partial charge in [0.15, 0.2) is 5.78 Å². The van der Waals surface area contributed by atoms with E-state index in [1.165, 1.54) is 6.08 Å². The molecule has 1 heterocycles. The number of hydrogen-bond donors (Lipinski definition) is 2. The van der Waals surface area contributed by atoms with Gasteiger partial charge in [-0.05, 0) is 43.2 Å². The van der Waals surface area contributed by atoms with Crippen molar-refractivity contribution in [3.63, 3.8) is 0 Å². The molecule has 0 amide bonds. The lowest BCUT2D eigenvalue weighted by molar-refractivity contribution is 0.0690. The van der Waals surface area contributed by atoms with Crippen LogP contribution in [0.15, 0.2) is 34.8 Å². The number of rotatable bonds is 4. The molecule has 0 aliphatic heterocycles. The number of aromatic nitrogens is 1. The lowest BCUT2D eigenvalue weighted by Gasteiger charge is -1.98. The van der Waals surface area contributed by atoms with E-state index in [4.69, 9.17) is 5.11 Å². The molecule has 4 nitrogen and oxygen atoms in total. The zero-order valence-corrected chi connectivity index (χ0v) is 13.2. The molecule has 0 unspecified atom stereocenters. The molecular weight excluding hydrogens is 334 g/mol. The average Bonchev–Trinajstić information content (AvgIpc) is 2.72. The van der Waals surface area contributed by atoms with Crippen LogP contribution in [-0.4, -0.2) is 21.8 Å². The summed E-state index contributed by atoms with van der Waals surface area (Å²) in [7, 11) is 0. The quantitative estimate of drug-likeness (QED) is 0.648. The molecule has 0 saturated carbocycles. The molecule has 1 aromatic carbocycles. The third kappa shape index (κ3) is 3.31. The number of ketones is 1. The van der Waals surface area contributed by atoms with E-state index in [1.54, 1.807) is 19.9 Å². The number of carbonyl (C=O) groups excluding carboxylic acids is 1. The maximum atomic E-state index is 12.3. The average molecular weight is 348 g/mol. The minimum absolute atomic E-state index is 0.0618. The van der Waals surface area contributed by atoms with Crippen molar-refractivity contribution in [2.75, 3.05) is 0 Å². The number of hydrogen-bond acceptors (Lipinski definition) is 2. The zero-order valence-electron chi connectivity index (χ0n) is 11.6. The molecule has 0 atom stereocenters. The van der Waals surface area contributed by atoms with Gasteiger partial charge in [0.25, 0.3) is 0 Å². The van der Waals surface area contributed by atoms with Crippen molar-refractivity contribution in [3.8, 4) is 0 Å². The van der Waals surface area contributed by atoms with Gasteiger partial charge in [-0.15, -0.1) is 0 Å². The highest BCUT2D eigenvalue weighted by Crippen LogP contribution is 2.20. The van der Waals surface area contributed by atoms with Crippen molar-refractivity contribution in [2.24, 2.45) is 0 Å². The number of carboxylic acid groups (broad SMARTS) is 1. The van der Waals surface area contributed by atoms with Gasteiger partial charge in [-0.3, -0.25) is 4.79 Å². The van der Waals surface area contributed by atoms with Gasteiger partial charge >= 0.3 is 5.97 Å². The summed E-state index contributed by atoms with van der Waals surface area (Å²) >= 11 is 3.37. The van der Waals surface area contributed by atoms with Crippen LogP contribution in [-0.2, 0) is 0 Å². The molecule has 0 aliphatic rings. The number of carboxylic acids is 1. The van der Waals surface area contributed by atoms with Crippen molar-refractivity contribution in [1.29, 1.82) is 0 Å². The molecule has 0 bridgehead atoms. The number of carbonyl (C=O) groups is 2. The van der Waals surface area contributed by atoms with E-state index < -0.39 is 5.97 Å². The second-order valence-corrected chi connectivity index (χ2v) is 5.60. The van der Waals surface area contributed by atoms with Crippen LogP contribution < -0.4 is 0 Å². The summed E-state index contributed by atoms with van der Waals surface area (Å²) in [6.07, 6.45) is 3.16. The lowest BCUT2D eigenvalue weighted by Crippen LogP contribution is -2.01. The molecule has 0 spiro atoms. The van der Waals surface area contributed by atoms with Crippen LogP contribution in [0.3, 0.4) is 0 Å². The van der Waals surface area contributed by atoms with Crippen LogP contribution >= 0.6 is 15.9 Å². The smallest absolute Gasteiger partial charge is 0.352 e. The number of nitrogens with one attached hydrogen (secondary N) is 1. The van der Waals surface area contributed by atoms with Crippen LogP contribution in [0.25, 0.3) is 6.08 Å². The van der Waals surface area contributed by atoms with Gasteiger partial charge in [0, 0.05) is 15.7 Å². The predicted molar refractivity (Wildman–Crippen MR) is 84.7 cm³/mol. The Morgan fingerprint density at radius 3 is 2.57 bits per heavy atom. The van der Waals surface area contributed by atoms with Gasteiger partial charge in [-0.1, -0.05) is 34.1 Å². The first-order valence-electron chi connectivity index (χ1n) is 6.30. The first-order valence-corrected chi connectivity index (χ1v) is 7.10. The summed E-state index contributed by atoms with van der Waals surface area (Å²) in [6, 6.07) is 7.56. The third-order valence-corrected chi connectivity index (χ3v) is 3.67. The largest absolute Gasteiger partial charge is 0.477 e. The summed E-state index contributed by atoms with van der Waals surface area (Å²) in [5.74, 6) is -1.28. The standard InChI is InChI=1S/C16H14BrNO3/c1-9-14(10(2)18-15(9)16(20)21)13(19)7-6-11-4-3-5-12(17)8-11/h3-8,18H,1-2H3,(H,20,21)/b7-6+. The molecule has 5 heteroatoms. The molecule has 0 aliphatic carbocycles. The van der Waals surface area contributed by atoms with Crippen LogP contribution in [0.1, 0.15) is 37.7 Å². The fourth-order valence-electron chi connectivity index (χ4n) is 2.20. The van der Waals surface area contributed by atoms with E-state index in [0.29, 0.717) is 16.8 Å². The maximum Gasteiger partial charge on any atom is 0.352 e. The summed E-state index contributed by atoms with van der Waals surface area (Å²) < 4.78 is 0.930. The van der Waals surface area contributed by atoms with Gasteiger partial charge in [-0.2, -0.15) is 0 Å². The van der Waals surface area contributed by atoms with Crippen LogP contribution in [0.2, 0.25) is 0 Å². The molecule has 2 aromatic rings. The second-order valence-electron chi connectivity index (χ2n) is 4.68. The monoisotopic (exact) mass is 347 g/mol. The van der Waals surface area contributed by atoms with E-state index in [0.717, 1.165) is 10.0 Å². The summed E-state index contributed by atoms with van der Waals surface area (Å²) in [5, 5.41) is 9.06. The van der Waals surface area contributed by atoms with Crippen molar-refractivity contribution < 1.29 is 14.7 Å². The number of allylic oxidation sites excluding steroid dienone is 1. The van der Waals surface area contributed by atoms with Gasteiger partial charge in [0.05, 0.1) is 0 Å². The Bertz CT molecular complexity index is 744. The number of aromatic amines is 1. The summed E-state index contributed by atoms with van der Waals surface area (Å²) in [5.41, 5.74) is 2.39. The van der Waals surface area contributed by atoms with Gasteiger partial charge < -0.3 is 10.1 Å². The number of H-pyrrole nitrogens is 1. The molecule has 1 aromatic heterocycles. The van der Waals surface area contributed by atoms with Crippen LogP contribution in [0.5, 0.6) is 0 Å². The van der Waals surface area contributed by atoms with Crippen molar-refractivity contribution in [1.82, 2.24) is 4.98 Å². The normalized spacial score (nSPS) is 11.0. The Morgan fingerprint density at radius 2 is 2.00 bits per heavy atom. The van der Waals surface area contributed by atoms with E-state index in [-0.39, 0.29) is 11.5 Å². The zero-order chi connectivity index (χ0) is 15.6. The Kier molecular flexibility index (Phi) is 4.43. The molecule has 108 valence electrons. The predicted octanol–water partition coefficient (Wildman–Crippen LogP) is 3.99. The van der Waals surface area contributed by atoms with Gasteiger partial charge in [-0.25, -0.2) is 4.79 Å². The number of benzene rings is 1. The minimum Gasteiger partial charge on any atom is -0.477 e. The Labute approximate surface area is 130 Å². The molecule has 2 N–H and O–H groups in total. The molecule has 0 saturated heterocycles. The minimum atomic E-state index is -1.06.